The van der Waals surface area contributed by atoms with Crippen molar-refractivity contribution in [3.63, 3.8) is 0 Å². The van der Waals surface area contributed by atoms with Gasteiger partial charge in [0.15, 0.2) is 4.80 Å². The van der Waals surface area contributed by atoms with Crippen LogP contribution in [0.15, 0.2) is 63.5 Å². The van der Waals surface area contributed by atoms with Gasteiger partial charge in [-0.3, -0.25) is 14.2 Å². The molecule has 39 heavy (non-hydrogen) atoms. The van der Waals surface area contributed by atoms with Crippen molar-refractivity contribution in [2.45, 2.75) is 39.7 Å². The molecule has 0 fully saturated rings. The standard InChI is InChI=1S/C29H30N2O7S/c1-6-8-22-25(28(34)37-7-2)26(21-16-20(35-4)13-14-23(21)36-5)31-27(33)24(39-29(31)30-22)15-18-9-11-19(12-10-18)38-17(3)32/h9-16,26H,6-8H2,1-5H3/b24-15-/t26-/m0/s1. The van der Waals surface area contributed by atoms with Gasteiger partial charge in [0.05, 0.1) is 36.6 Å². The number of benzene rings is 2. The molecule has 0 bridgehead atoms. The Morgan fingerprint density at radius 3 is 2.38 bits per heavy atom. The molecule has 3 aromatic rings. The molecular weight excluding hydrogens is 520 g/mol. The van der Waals surface area contributed by atoms with Gasteiger partial charge < -0.3 is 18.9 Å². The highest BCUT2D eigenvalue weighted by atomic mass is 32.1. The number of nitrogens with zero attached hydrogens (tertiary/aromatic N) is 2. The van der Waals surface area contributed by atoms with Crippen LogP contribution in [0.4, 0.5) is 0 Å². The van der Waals surface area contributed by atoms with Gasteiger partial charge in [0.25, 0.3) is 5.56 Å². The van der Waals surface area contributed by atoms with Gasteiger partial charge in [0, 0.05) is 12.5 Å². The molecule has 9 nitrogen and oxygen atoms in total. The number of esters is 2. The fourth-order valence-corrected chi connectivity index (χ4v) is 5.44. The molecule has 0 aliphatic carbocycles. The second-order valence-corrected chi connectivity index (χ2v) is 9.69. The van der Waals surface area contributed by atoms with Crippen LogP contribution in [0.5, 0.6) is 17.2 Å². The summed E-state index contributed by atoms with van der Waals surface area (Å²) < 4.78 is 23.6. The number of hydrogen-bond acceptors (Lipinski definition) is 9. The van der Waals surface area contributed by atoms with Crippen LogP contribution in [0, 0.1) is 0 Å². The molecule has 0 unspecified atom stereocenters. The predicted molar refractivity (Wildman–Crippen MR) is 147 cm³/mol. The van der Waals surface area contributed by atoms with E-state index in [0.717, 1.165) is 12.0 Å². The van der Waals surface area contributed by atoms with E-state index in [4.69, 9.17) is 23.9 Å². The lowest BCUT2D eigenvalue weighted by Gasteiger charge is -2.27. The summed E-state index contributed by atoms with van der Waals surface area (Å²) >= 11 is 1.23. The lowest BCUT2D eigenvalue weighted by atomic mass is 9.93. The molecule has 204 valence electrons. The number of fused-ring (bicyclic) bond motifs is 1. The number of carbonyl (C=O) groups is 2. The van der Waals surface area contributed by atoms with Crippen LogP contribution in [-0.2, 0) is 14.3 Å². The summed E-state index contributed by atoms with van der Waals surface area (Å²) in [6.45, 7) is 5.25. The number of carbonyl (C=O) groups excluding carboxylic acids is 2. The summed E-state index contributed by atoms with van der Waals surface area (Å²) in [4.78, 5) is 43.8. The van der Waals surface area contributed by atoms with Crippen molar-refractivity contribution in [3.8, 4) is 17.2 Å². The van der Waals surface area contributed by atoms with Crippen molar-refractivity contribution in [2.75, 3.05) is 20.8 Å². The molecule has 4 rings (SSSR count). The molecule has 2 heterocycles. The fraction of sp³-hybridized carbons (Fsp3) is 0.310. The van der Waals surface area contributed by atoms with E-state index >= 15 is 0 Å². The van der Waals surface area contributed by atoms with Crippen molar-refractivity contribution in [1.82, 2.24) is 4.57 Å². The summed E-state index contributed by atoms with van der Waals surface area (Å²) in [6, 6.07) is 11.3. The lowest BCUT2D eigenvalue weighted by Crippen LogP contribution is -2.40. The summed E-state index contributed by atoms with van der Waals surface area (Å²) in [5, 5.41) is 0. The van der Waals surface area contributed by atoms with Crippen molar-refractivity contribution >= 4 is 29.4 Å². The zero-order valence-electron chi connectivity index (χ0n) is 22.5. The van der Waals surface area contributed by atoms with Gasteiger partial charge in [0.1, 0.15) is 23.3 Å². The first-order valence-corrected chi connectivity index (χ1v) is 13.3. The number of thiazole rings is 1. The average Bonchev–Trinajstić information content (AvgIpc) is 3.22. The van der Waals surface area contributed by atoms with E-state index in [2.05, 4.69) is 0 Å². The first-order chi connectivity index (χ1) is 18.8. The van der Waals surface area contributed by atoms with E-state index in [1.54, 1.807) is 62.6 Å². The molecule has 0 saturated heterocycles. The van der Waals surface area contributed by atoms with E-state index in [1.165, 1.54) is 29.9 Å². The Bertz CT molecular complexity index is 1600. The largest absolute Gasteiger partial charge is 0.497 e. The highest BCUT2D eigenvalue weighted by Crippen LogP contribution is 2.38. The Balaban J connectivity index is 1.97. The number of aromatic nitrogens is 1. The minimum atomic E-state index is -0.833. The Morgan fingerprint density at radius 1 is 1.05 bits per heavy atom. The molecule has 1 aliphatic heterocycles. The topological polar surface area (TPSA) is 105 Å². The first-order valence-electron chi connectivity index (χ1n) is 12.5. The molecule has 1 aliphatic rings. The van der Waals surface area contributed by atoms with Crippen LogP contribution in [0.3, 0.4) is 0 Å². The summed E-state index contributed by atoms with van der Waals surface area (Å²) in [7, 11) is 3.09. The van der Waals surface area contributed by atoms with E-state index < -0.39 is 18.0 Å². The zero-order valence-corrected chi connectivity index (χ0v) is 23.3. The zero-order chi connectivity index (χ0) is 28.1. The second kappa shape index (κ2) is 12.1. The van der Waals surface area contributed by atoms with Crippen molar-refractivity contribution in [1.29, 1.82) is 0 Å². The van der Waals surface area contributed by atoms with Crippen LogP contribution in [0.1, 0.15) is 50.8 Å². The van der Waals surface area contributed by atoms with Crippen LogP contribution < -0.4 is 29.1 Å². The molecule has 1 atom stereocenters. The van der Waals surface area contributed by atoms with Gasteiger partial charge in [-0.05, 0) is 55.3 Å². The molecule has 1 aromatic heterocycles. The van der Waals surface area contributed by atoms with E-state index in [-0.39, 0.29) is 12.2 Å². The molecule has 10 heteroatoms. The SMILES string of the molecule is CCCC1=C(C(=O)OCC)[C@H](c2cc(OC)ccc2OC)n2c(s/c(=C\c3ccc(OC(C)=O)cc3)c2=O)=N1. The van der Waals surface area contributed by atoms with Gasteiger partial charge in [0.2, 0.25) is 0 Å². The molecule has 0 N–H and O–H groups in total. The van der Waals surface area contributed by atoms with Crippen molar-refractivity contribution < 1.29 is 28.5 Å². The smallest absolute Gasteiger partial charge is 0.338 e. The van der Waals surface area contributed by atoms with Gasteiger partial charge >= 0.3 is 11.9 Å². The summed E-state index contributed by atoms with van der Waals surface area (Å²) in [5.74, 6) is 0.516. The second-order valence-electron chi connectivity index (χ2n) is 8.68. The molecule has 0 saturated carbocycles. The van der Waals surface area contributed by atoms with Gasteiger partial charge in [-0.2, -0.15) is 0 Å². The highest BCUT2D eigenvalue weighted by molar-refractivity contribution is 7.07. The molecule has 0 spiro atoms. The number of methoxy groups -OCH3 is 2. The monoisotopic (exact) mass is 550 g/mol. The molecular formula is C29H30N2O7S. The van der Waals surface area contributed by atoms with Gasteiger partial charge in [-0.15, -0.1) is 0 Å². The summed E-state index contributed by atoms with van der Waals surface area (Å²) in [5.41, 5.74) is 1.89. The first kappa shape index (κ1) is 27.8. The van der Waals surface area contributed by atoms with Crippen molar-refractivity contribution in [2.24, 2.45) is 4.99 Å². The maximum atomic E-state index is 13.9. The van der Waals surface area contributed by atoms with Gasteiger partial charge in [-0.1, -0.05) is 36.8 Å². The van der Waals surface area contributed by atoms with Crippen LogP contribution in [0.2, 0.25) is 0 Å². The van der Waals surface area contributed by atoms with Crippen molar-refractivity contribution in [3.05, 3.63) is 84.5 Å². The lowest BCUT2D eigenvalue weighted by molar-refractivity contribution is -0.139. The Hall–Kier alpha value is -4.18. The highest BCUT2D eigenvalue weighted by Gasteiger charge is 2.36. The Labute approximate surface area is 229 Å². The fourth-order valence-electron chi connectivity index (χ4n) is 4.42. The normalized spacial score (nSPS) is 14.9. The molecule has 0 radical (unpaired) electrons. The van der Waals surface area contributed by atoms with E-state index in [9.17, 15) is 14.4 Å². The minimum Gasteiger partial charge on any atom is -0.497 e. The molecule has 0 amide bonds. The quantitative estimate of drug-likeness (QED) is 0.297. The maximum Gasteiger partial charge on any atom is 0.338 e. The number of rotatable bonds is 9. The number of allylic oxidation sites excluding steroid dienone is 1. The predicted octanol–water partition coefficient (Wildman–Crippen LogP) is 3.52. The van der Waals surface area contributed by atoms with E-state index in [1.807, 2.05) is 6.92 Å². The third kappa shape index (κ3) is 5.80. The third-order valence-electron chi connectivity index (χ3n) is 6.06. The Morgan fingerprint density at radius 2 is 1.77 bits per heavy atom. The van der Waals surface area contributed by atoms with E-state index in [0.29, 0.717) is 49.8 Å². The molecule has 2 aromatic carbocycles. The van der Waals surface area contributed by atoms with Crippen LogP contribution in [-0.4, -0.2) is 37.3 Å². The van der Waals surface area contributed by atoms with Crippen LogP contribution >= 0.6 is 11.3 Å². The average molecular weight is 551 g/mol. The number of hydrogen-bond donors (Lipinski definition) is 0. The maximum absolute atomic E-state index is 13.9. The minimum absolute atomic E-state index is 0.178. The van der Waals surface area contributed by atoms with Gasteiger partial charge in [-0.25, -0.2) is 9.79 Å². The number of ether oxygens (including phenoxy) is 4. The third-order valence-corrected chi connectivity index (χ3v) is 7.05. The Kier molecular flexibility index (Phi) is 8.65. The van der Waals surface area contributed by atoms with Crippen LogP contribution in [0.25, 0.3) is 6.08 Å². The summed E-state index contributed by atoms with van der Waals surface area (Å²) in [6.07, 6.45) is 3.02.